The van der Waals surface area contributed by atoms with Gasteiger partial charge in [-0.15, -0.1) is 0 Å². The summed E-state index contributed by atoms with van der Waals surface area (Å²) in [6.45, 7) is 7.86. The van der Waals surface area contributed by atoms with Crippen LogP contribution in [0.3, 0.4) is 0 Å². The Balaban J connectivity index is 1.52. The van der Waals surface area contributed by atoms with Gasteiger partial charge in [0.15, 0.2) is 0 Å². The highest BCUT2D eigenvalue weighted by atomic mass is 32.2. The molecule has 1 fully saturated rings. The summed E-state index contributed by atoms with van der Waals surface area (Å²) < 4.78 is 31.0. The fourth-order valence-electron chi connectivity index (χ4n) is 4.69. The van der Waals surface area contributed by atoms with Gasteiger partial charge in [0.1, 0.15) is 0 Å². The van der Waals surface area contributed by atoms with Crippen LogP contribution in [-0.4, -0.2) is 59.1 Å². The van der Waals surface area contributed by atoms with E-state index in [0.29, 0.717) is 22.5 Å². The van der Waals surface area contributed by atoms with E-state index in [9.17, 15) is 13.2 Å². The molecule has 0 bridgehead atoms. The number of carbonyl (C=O) groups is 1. The molecule has 0 radical (unpaired) electrons. The van der Waals surface area contributed by atoms with Crippen molar-refractivity contribution in [2.75, 3.05) is 55.4 Å². The topological polar surface area (TPSA) is 91.0 Å². The van der Waals surface area contributed by atoms with Crippen molar-refractivity contribution in [2.24, 2.45) is 5.92 Å². The third-order valence-corrected chi connectivity index (χ3v) is 8.18. The van der Waals surface area contributed by atoms with E-state index in [4.69, 9.17) is 4.18 Å². The van der Waals surface area contributed by atoms with Crippen LogP contribution in [0.4, 0.5) is 17.1 Å². The van der Waals surface area contributed by atoms with Crippen molar-refractivity contribution in [1.29, 1.82) is 0 Å². The number of nitrogens with one attached hydrogen (secondary N) is 2. The number of hydrogen-bond acceptors (Lipinski definition) is 7. The van der Waals surface area contributed by atoms with E-state index in [1.54, 1.807) is 6.07 Å². The molecule has 0 aliphatic carbocycles. The van der Waals surface area contributed by atoms with Crippen LogP contribution < -0.4 is 15.5 Å². The van der Waals surface area contributed by atoms with Crippen LogP contribution in [0.5, 0.6) is 0 Å². The summed E-state index contributed by atoms with van der Waals surface area (Å²) in [5.41, 5.74) is 4.82. The minimum absolute atomic E-state index is 0.0137. The predicted octanol–water partition coefficient (Wildman–Crippen LogP) is 4.73. The average molecular weight is 547 g/mol. The normalized spacial score (nSPS) is 17.2. The number of anilines is 3. The lowest BCUT2D eigenvalue weighted by Gasteiger charge is -2.34. The van der Waals surface area contributed by atoms with Gasteiger partial charge < -0.3 is 20.4 Å². The Hall–Kier alpha value is -3.66. The number of benzene rings is 3. The first kappa shape index (κ1) is 26.9. The second kappa shape index (κ2) is 11.2. The first-order chi connectivity index (χ1) is 18.7. The van der Waals surface area contributed by atoms with Gasteiger partial charge in [-0.2, -0.15) is 8.42 Å². The third kappa shape index (κ3) is 6.00. The van der Waals surface area contributed by atoms with Gasteiger partial charge >= 0.3 is 0 Å². The van der Waals surface area contributed by atoms with Crippen LogP contribution in [0.25, 0.3) is 11.3 Å². The third-order valence-electron chi connectivity index (χ3n) is 6.90. The summed E-state index contributed by atoms with van der Waals surface area (Å²) in [4.78, 5) is 18.0. The van der Waals surface area contributed by atoms with E-state index in [0.717, 1.165) is 43.1 Å². The number of nitrogens with zero attached hydrogens (tertiary/aromatic N) is 2. The predicted molar refractivity (Wildman–Crippen MR) is 156 cm³/mol. The highest BCUT2D eigenvalue weighted by Crippen LogP contribution is 2.39. The van der Waals surface area contributed by atoms with Crippen LogP contribution in [0.15, 0.2) is 77.7 Å². The molecule has 3 aromatic rings. The molecule has 2 heterocycles. The highest BCUT2D eigenvalue weighted by molar-refractivity contribution is 7.86. The lowest BCUT2D eigenvalue weighted by molar-refractivity contribution is -0.110. The molecule has 9 heteroatoms. The molecule has 3 aromatic carbocycles. The first-order valence-corrected chi connectivity index (χ1v) is 14.6. The van der Waals surface area contributed by atoms with Crippen LogP contribution >= 0.6 is 0 Å². The van der Waals surface area contributed by atoms with Crippen molar-refractivity contribution in [2.45, 2.75) is 18.7 Å². The first-order valence-electron chi connectivity index (χ1n) is 13.2. The van der Waals surface area contributed by atoms with Gasteiger partial charge in [-0.25, -0.2) is 0 Å². The van der Waals surface area contributed by atoms with Crippen LogP contribution in [0.2, 0.25) is 0 Å². The molecule has 2 N–H and O–H groups in total. The standard InChI is InChI=1S/C30H34N4O4S/c1-21(2)20-38-39(36,37)25-13-14-27-26(19-25)28(30(35)32-27)29(22-7-5-4-6-8-22)31-23-9-11-24(12-10-23)34-17-15-33(3)16-18-34/h4-14,19,21,31H,15-18,20H2,1-3H3,(H,32,35)/b29-28-. The van der Waals surface area contributed by atoms with Crippen molar-refractivity contribution in [3.8, 4) is 0 Å². The number of carbonyl (C=O) groups excluding carboxylic acids is 1. The smallest absolute Gasteiger partial charge is 0.297 e. The van der Waals surface area contributed by atoms with Crippen LogP contribution in [0.1, 0.15) is 25.0 Å². The van der Waals surface area contributed by atoms with Crippen LogP contribution in [0, 0.1) is 5.92 Å². The van der Waals surface area contributed by atoms with Gasteiger partial charge in [0.2, 0.25) is 0 Å². The van der Waals surface area contributed by atoms with E-state index in [1.165, 1.54) is 12.1 Å². The quantitative estimate of drug-likeness (QED) is 0.312. The van der Waals surface area contributed by atoms with Gasteiger partial charge in [-0.05, 0) is 61.0 Å². The molecule has 2 aliphatic heterocycles. The maximum Gasteiger partial charge on any atom is 0.297 e. The second-order valence-electron chi connectivity index (χ2n) is 10.4. The summed E-state index contributed by atoms with van der Waals surface area (Å²) in [6.07, 6.45) is 0. The van der Waals surface area contributed by atoms with Crippen molar-refractivity contribution in [3.63, 3.8) is 0 Å². The van der Waals surface area contributed by atoms with Crippen molar-refractivity contribution < 1.29 is 17.4 Å². The Morgan fingerprint density at radius 1 is 0.974 bits per heavy atom. The lowest BCUT2D eigenvalue weighted by atomic mass is 10.00. The molecule has 0 spiro atoms. The number of hydrogen-bond donors (Lipinski definition) is 2. The monoisotopic (exact) mass is 546 g/mol. The molecule has 0 saturated carbocycles. The second-order valence-corrected chi connectivity index (χ2v) is 12.0. The maximum absolute atomic E-state index is 13.3. The van der Waals surface area contributed by atoms with E-state index < -0.39 is 10.1 Å². The molecule has 0 unspecified atom stereocenters. The minimum Gasteiger partial charge on any atom is -0.369 e. The average Bonchev–Trinajstić information content (AvgIpc) is 3.26. The largest absolute Gasteiger partial charge is 0.369 e. The molecule has 2 aliphatic rings. The Morgan fingerprint density at radius 2 is 1.67 bits per heavy atom. The minimum atomic E-state index is -3.98. The zero-order chi connectivity index (χ0) is 27.6. The lowest BCUT2D eigenvalue weighted by Crippen LogP contribution is -2.44. The van der Waals surface area contributed by atoms with Gasteiger partial charge in [-0.1, -0.05) is 44.2 Å². The fourth-order valence-corrected chi connectivity index (χ4v) is 5.78. The summed E-state index contributed by atoms with van der Waals surface area (Å²) in [5, 5.41) is 6.34. The zero-order valence-electron chi connectivity index (χ0n) is 22.5. The molecule has 0 atom stereocenters. The zero-order valence-corrected chi connectivity index (χ0v) is 23.3. The number of piperazine rings is 1. The Kier molecular flexibility index (Phi) is 7.74. The van der Waals surface area contributed by atoms with Gasteiger partial charge in [0.05, 0.1) is 22.8 Å². The van der Waals surface area contributed by atoms with E-state index in [2.05, 4.69) is 39.6 Å². The molecule has 204 valence electrons. The van der Waals surface area contributed by atoms with Crippen molar-refractivity contribution in [3.05, 3.63) is 83.9 Å². The molecular weight excluding hydrogens is 512 g/mol. The van der Waals surface area contributed by atoms with Crippen LogP contribution in [-0.2, 0) is 19.1 Å². The number of likely N-dealkylation sites (N-methyl/N-ethyl adjacent to an activating group) is 1. The summed E-state index contributed by atoms with van der Waals surface area (Å²) in [5.74, 6) is -0.243. The Morgan fingerprint density at radius 3 is 2.33 bits per heavy atom. The fraction of sp³-hybridized carbons (Fsp3) is 0.300. The molecule has 5 rings (SSSR count). The molecule has 1 amide bonds. The number of fused-ring (bicyclic) bond motifs is 1. The molecule has 1 saturated heterocycles. The van der Waals surface area contributed by atoms with Gasteiger partial charge in [0, 0.05) is 48.8 Å². The molecular formula is C30H34N4O4S. The Bertz CT molecular complexity index is 1480. The van der Waals surface area contributed by atoms with E-state index in [-0.39, 0.29) is 23.3 Å². The molecule has 8 nitrogen and oxygen atoms in total. The number of rotatable bonds is 8. The Labute approximate surface area is 230 Å². The molecule has 0 aromatic heterocycles. The van der Waals surface area contributed by atoms with Crippen molar-refractivity contribution in [1.82, 2.24) is 4.90 Å². The molecule has 39 heavy (non-hydrogen) atoms. The summed E-state index contributed by atoms with van der Waals surface area (Å²) in [6, 6.07) is 22.3. The summed E-state index contributed by atoms with van der Waals surface area (Å²) in [7, 11) is -1.84. The van der Waals surface area contributed by atoms with Crippen molar-refractivity contribution >= 4 is 44.4 Å². The number of amides is 1. The van der Waals surface area contributed by atoms with E-state index in [1.807, 2.05) is 56.3 Å². The summed E-state index contributed by atoms with van der Waals surface area (Å²) >= 11 is 0. The van der Waals surface area contributed by atoms with Gasteiger partial charge in [-0.3, -0.25) is 8.98 Å². The van der Waals surface area contributed by atoms with Gasteiger partial charge in [0.25, 0.3) is 16.0 Å². The maximum atomic E-state index is 13.3. The SMILES string of the molecule is CC(C)COS(=O)(=O)c1ccc2c(c1)/C(=C(/Nc1ccc(N3CCN(C)CC3)cc1)c1ccccc1)C(=O)N2. The van der Waals surface area contributed by atoms with E-state index >= 15 is 0 Å². The highest BCUT2D eigenvalue weighted by Gasteiger charge is 2.30.